The van der Waals surface area contributed by atoms with Gasteiger partial charge in [-0.15, -0.1) is 0 Å². The van der Waals surface area contributed by atoms with Crippen molar-refractivity contribution >= 4 is 80.4 Å². The van der Waals surface area contributed by atoms with E-state index >= 15 is 0 Å². The normalized spacial score (nSPS) is 11.2. The highest BCUT2D eigenvalue weighted by Gasteiger charge is 2.30. The van der Waals surface area contributed by atoms with Gasteiger partial charge in [-0.2, -0.15) is 9.97 Å². The number of aromatic nitrogens is 3. The van der Waals surface area contributed by atoms with Crippen molar-refractivity contribution in [2.75, 3.05) is 15.1 Å². The van der Waals surface area contributed by atoms with Gasteiger partial charge in [0.25, 0.3) is 0 Å². The topological polar surface area (TPSA) is 110 Å². The van der Waals surface area contributed by atoms with Gasteiger partial charge >= 0.3 is 12.1 Å². The van der Waals surface area contributed by atoms with Gasteiger partial charge in [-0.05, 0) is 71.1 Å². The lowest BCUT2D eigenvalue weighted by atomic mass is 9.96. The summed E-state index contributed by atoms with van der Waals surface area (Å²) in [5.74, 6) is -0.595. The van der Waals surface area contributed by atoms with Crippen LogP contribution >= 0.6 is 22.6 Å². The minimum Gasteiger partial charge on any atom is -0.390 e. The fraction of sp³-hybridized carbons (Fsp3) is 0.108. The second-order valence-electron chi connectivity index (χ2n) is 11.8. The highest BCUT2D eigenvalue weighted by Crippen LogP contribution is 2.35. The summed E-state index contributed by atoms with van der Waals surface area (Å²) in [5, 5.41) is 3.07. The lowest BCUT2D eigenvalue weighted by Gasteiger charge is -2.24. The van der Waals surface area contributed by atoms with Crippen LogP contribution in [0.5, 0.6) is 5.88 Å². The van der Waals surface area contributed by atoms with Crippen LogP contribution < -0.4 is 19.9 Å². The van der Waals surface area contributed by atoms with E-state index in [2.05, 4.69) is 37.9 Å². The summed E-state index contributed by atoms with van der Waals surface area (Å²) in [6, 6.07) is 36.2. The monoisotopic (exact) mass is 750 g/mol. The van der Waals surface area contributed by atoms with Gasteiger partial charge in [-0.1, -0.05) is 93.6 Å². The SMILES string of the molecule is CC(C)(C)C(=O)Nc1nc(OC(=O)N(c2ccccc2)c2ccccc2)c2c(I)cn(C(=O)N(c3ccccc3)c3ccccc3)c2n1. The number of nitrogens with zero attached hydrogens (tertiary/aromatic N) is 5. The molecule has 6 aromatic rings. The number of halogens is 1. The molecule has 0 saturated carbocycles. The molecule has 0 spiro atoms. The molecule has 0 atom stereocenters. The van der Waals surface area contributed by atoms with Crippen molar-refractivity contribution in [3.05, 3.63) is 131 Å². The zero-order chi connectivity index (χ0) is 33.8. The number of amides is 3. The van der Waals surface area contributed by atoms with Crippen LogP contribution in [0.2, 0.25) is 0 Å². The summed E-state index contributed by atoms with van der Waals surface area (Å²) in [5.41, 5.74) is 1.78. The maximum atomic E-state index is 14.5. The zero-order valence-corrected chi connectivity index (χ0v) is 28.5. The summed E-state index contributed by atoms with van der Waals surface area (Å²) in [6.07, 6.45) is 0.866. The third kappa shape index (κ3) is 6.76. The van der Waals surface area contributed by atoms with Crippen LogP contribution in [-0.2, 0) is 4.79 Å². The summed E-state index contributed by atoms with van der Waals surface area (Å²) < 4.78 is 7.98. The first kappa shape index (κ1) is 32.4. The summed E-state index contributed by atoms with van der Waals surface area (Å²) in [4.78, 5) is 53.8. The van der Waals surface area contributed by atoms with Crippen LogP contribution in [0, 0.1) is 8.99 Å². The molecule has 240 valence electrons. The van der Waals surface area contributed by atoms with Crippen LogP contribution in [0.15, 0.2) is 128 Å². The Morgan fingerprint density at radius 3 is 1.56 bits per heavy atom. The average Bonchev–Trinajstić information content (AvgIpc) is 3.42. The molecule has 0 aliphatic heterocycles. The fourth-order valence-electron chi connectivity index (χ4n) is 4.89. The molecular formula is C37H31IN6O4. The molecule has 1 N–H and O–H groups in total. The van der Waals surface area contributed by atoms with Gasteiger partial charge < -0.3 is 4.74 Å². The van der Waals surface area contributed by atoms with E-state index in [0.717, 1.165) is 0 Å². The summed E-state index contributed by atoms with van der Waals surface area (Å²) >= 11 is 2.06. The van der Waals surface area contributed by atoms with Gasteiger partial charge in [0.1, 0.15) is 0 Å². The van der Waals surface area contributed by atoms with Gasteiger partial charge in [0.15, 0.2) is 5.65 Å². The molecule has 4 aromatic carbocycles. The second kappa shape index (κ2) is 13.7. The number of carbonyl (C=O) groups is 3. The molecule has 0 saturated heterocycles. The molecule has 3 amide bonds. The summed E-state index contributed by atoms with van der Waals surface area (Å²) in [6.45, 7) is 5.27. The molecule has 0 bridgehead atoms. The maximum absolute atomic E-state index is 14.5. The number of rotatable bonds is 6. The molecule has 2 aromatic heterocycles. The van der Waals surface area contributed by atoms with Crippen LogP contribution in [-0.4, -0.2) is 32.6 Å². The molecule has 0 aliphatic rings. The number of hydrogen-bond donors (Lipinski definition) is 1. The molecule has 2 heterocycles. The van der Waals surface area contributed by atoms with E-state index in [1.807, 2.05) is 97.1 Å². The average molecular weight is 751 g/mol. The molecule has 11 heteroatoms. The van der Waals surface area contributed by atoms with Crippen molar-refractivity contribution < 1.29 is 19.1 Å². The lowest BCUT2D eigenvalue weighted by Crippen LogP contribution is -2.31. The molecular weight excluding hydrogens is 719 g/mol. The number of ether oxygens (including phenoxy) is 1. The molecule has 0 fully saturated rings. The third-order valence-corrected chi connectivity index (χ3v) is 8.11. The number of hydrogen-bond acceptors (Lipinski definition) is 6. The predicted octanol–water partition coefficient (Wildman–Crippen LogP) is 9.16. The Morgan fingerprint density at radius 2 is 1.12 bits per heavy atom. The van der Waals surface area contributed by atoms with E-state index in [1.165, 1.54) is 9.47 Å². The molecule has 0 aliphatic carbocycles. The number of nitrogens with one attached hydrogen (secondary N) is 1. The molecule has 0 radical (unpaired) electrons. The van der Waals surface area contributed by atoms with Crippen LogP contribution in [0.4, 0.5) is 38.3 Å². The zero-order valence-electron chi connectivity index (χ0n) is 26.4. The molecule has 10 nitrogen and oxygen atoms in total. The Labute approximate surface area is 291 Å². The van der Waals surface area contributed by atoms with E-state index < -0.39 is 17.5 Å². The van der Waals surface area contributed by atoms with Gasteiger partial charge in [0.05, 0.1) is 28.1 Å². The van der Waals surface area contributed by atoms with Crippen molar-refractivity contribution in [3.63, 3.8) is 0 Å². The molecule has 48 heavy (non-hydrogen) atoms. The minimum atomic E-state index is -0.782. The Balaban J connectivity index is 1.50. The van der Waals surface area contributed by atoms with E-state index in [9.17, 15) is 14.4 Å². The van der Waals surface area contributed by atoms with Gasteiger partial charge in [0, 0.05) is 15.2 Å². The minimum absolute atomic E-state index is 0.118. The van der Waals surface area contributed by atoms with E-state index in [-0.39, 0.29) is 23.4 Å². The van der Waals surface area contributed by atoms with Crippen LogP contribution in [0.1, 0.15) is 20.8 Å². The van der Waals surface area contributed by atoms with E-state index in [4.69, 9.17) is 4.74 Å². The van der Waals surface area contributed by atoms with Crippen LogP contribution in [0.3, 0.4) is 0 Å². The Morgan fingerprint density at radius 1 is 0.688 bits per heavy atom. The number of benzene rings is 4. The first-order valence-corrected chi connectivity index (χ1v) is 16.2. The Bertz CT molecular complexity index is 2000. The largest absolute Gasteiger partial charge is 0.425 e. The van der Waals surface area contributed by atoms with Crippen molar-refractivity contribution in [1.29, 1.82) is 0 Å². The van der Waals surface area contributed by atoms with Crippen molar-refractivity contribution in [2.24, 2.45) is 5.41 Å². The maximum Gasteiger partial charge on any atom is 0.425 e. The van der Waals surface area contributed by atoms with Gasteiger partial charge in [0.2, 0.25) is 17.7 Å². The van der Waals surface area contributed by atoms with Gasteiger partial charge in [-0.25, -0.2) is 14.5 Å². The highest BCUT2D eigenvalue weighted by atomic mass is 127. The second-order valence-corrected chi connectivity index (χ2v) is 12.9. The number of anilines is 5. The fourth-order valence-corrected chi connectivity index (χ4v) is 5.64. The smallest absolute Gasteiger partial charge is 0.390 e. The van der Waals surface area contributed by atoms with E-state index in [1.54, 1.807) is 56.1 Å². The highest BCUT2D eigenvalue weighted by molar-refractivity contribution is 14.1. The first-order chi connectivity index (χ1) is 23.1. The quantitative estimate of drug-likeness (QED) is 0.170. The Kier molecular flexibility index (Phi) is 9.21. The first-order valence-electron chi connectivity index (χ1n) is 15.1. The standard InChI is InChI=1S/C37H31IN6O4/c1-37(2,3)33(45)41-34-39-31-30(32(40-34)48-36(47)44(27-20-12-6-13-21-27)28-22-14-7-15-23-28)29(38)24-42(31)35(46)43(25-16-8-4-9-17-25)26-18-10-5-11-19-26/h4-24H,1-3H3,(H,39,40,41,45). The van der Waals surface area contributed by atoms with Crippen molar-refractivity contribution in [3.8, 4) is 5.88 Å². The van der Waals surface area contributed by atoms with Crippen molar-refractivity contribution in [1.82, 2.24) is 14.5 Å². The number of para-hydroxylation sites is 4. The van der Waals surface area contributed by atoms with Crippen LogP contribution in [0.25, 0.3) is 11.0 Å². The number of carbonyl (C=O) groups excluding carboxylic acids is 3. The summed E-state index contributed by atoms with van der Waals surface area (Å²) in [7, 11) is 0. The molecule has 6 rings (SSSR count). The third-order valence-electron chi connectivity index (χ3n) is 7.29. The predicted molar refractivity (Wildman–Crippen MR) is 195 cm³/mol. The molecule has 0 unspecified atom stereocenters. The Hall–Kier alpha value is -5.56. The van der Waals surface area contributed by atoms with E-state index in [0.29, 0.717) is 31.7 Å². The van der Waals surface area contributed by atoms with Crippen molar-refractivity contribution in [2.45, 2.75) is 20.8 Å². The van der Waals surface area contributed by atoms with Gasteiger partial charge in [-0.3, -0.25) is 19.6 Å². The number of fused-ring (bicyclic) bond motifs is 1. The lowest BCUT2D eigenvalue weighted by molar-refractivity contribution is -0.123.